The Bertz CT molecular complexity index is 940. The number of nitriles is 1. The van der Waals surface area contributed by atoms with E-state index in [1.807, 2.05) is 35.8 Å². The van der Waals surface area contributed by atoms with Crippen LogP contribution in [0.4, 0.5) is 5.00 Å². The molecule has 0 aliphatic carbocycles. The maximum absolute atomic E-state index is 12.4. The summed E-state index contributed by atoms with van der Waals surface area (Å²) in [5.74, 6) is -0.178. The van der Waals surface area contributed by atoms with E-state index in [9.17, 15) is 4.79 Å². The molecule has 0 unspecified atom stereocenters. The number of hydrogen-bond donors (Lipinski definition) is 1. The minimum atomic E-state index is -0.388. The van der Waals surface area contributed by atoms with E-state index < -0.39 is 0 Å². The summed E-state index contributed by atoms with van der Waals surface area (Å²) in [5.41, 5.74) is 2.55. The number of nitrogens with one attached hydrogen (secondary N) is 1. The normalized spacial score (nSPS) is 11.7. The fraction of sp³-hybridized carbons (Fsp3) is 0.176. The van der Waals surface area contributed by atoms with Gasteiger partial charge in [0, 0.05) is 0 Å². The van der Waals surface area contributed by atoms with E-state index in [-0.39, 0.29) is 11.2 Å². The molecule has 1 atom stereocenters. The van der Waals surface area contributed by atoms with Gasteiger partial charge < -0.3 is 5.32 Å². The Balaban J connectivity index is 1.75. The lowest BCUT2D eigenvalue weighted by Crippen LogP contribution is -2.22. The smallest absolute Gasteiger partial charge is 0.238 e. The number of thioether (sulfide) groups is 1. The van der Waals surface area contributed by atoms with Crippen molar-refractivity contribution in [2.75, 3.05) is 5.32 Å². The van der Waals surface area contributed by atoms with E-state index in [1.165, 1.54) is 23.1 Å². The molecule has 0 fully saturated rings. The van der Waals surface area contributed by atoms with Crippen LogP contribution in [-0.2, 0) is 4.79 Å². The summed E-state index contributed by atoms with van der Waals surface area (Å²) in [5, 5.41) is 22.5. The number of aryl methyl sites for hydroxylation is 1. The van der Waals surface area contributed by atoms with Crippen molar-refractivity contribution in [3.63, 3.8) is 0 Å². The molecule has 1 amide bonds. The van der Waals surface area contributed by atoms with Gasteiger partial charge in [-0.15, -0.1) is 21.5 Å². The predicted octanol–water partition coefficient (Wildman–Crippen LogP) is 3.63. The van der Waals surface area contributed by atoms with Crippen molar-refractivity contribution in [3.05, 3.63) is 53.2 Å². The topological polar surface area (TPSA) is 83.6 Å². The number of carbonyl (C=O) groups is 1. The van der Waals surface area contributed by atoms with Gasteiger partial charge in [-0.3, -0.25) is 9.36 Å². The molecule has 3 aromatic rings. The first-order valence-corrected chi connectivity index (χ1v) is 9.27. The van der Waals surface area contributed by atoms with Gasteiger partial charge >= 0.3 is 0 Å². The molecule has 3 rings (SSSR count). The zero-order chi connectivity index (χ0) is 17.8. The predicted molar refractivity (Wildman–Crippen MR) is 99.1 cm³/mol. The molecule has 25 heavy (non-hydrogen) atoms. The van der Waals surface area contributed by atoms with E-state index in [1.54, 1.807) is 24.7 Å². The van der Waals surface area contributed by atoms with Gasteiger partial charge in [0.1, 0.15) is 17.4 Å². The Morgan fingerprint density at radius 3 is 2.96 bits per heavy atom. The summed E-state index contributed by atoms with van der Waals surface area (Å²) in [6, 6.07) is 11.7. The van der Waals surface area contributed by atoms with Crippen LogP contribution < -0.4 is 5.32 Å². The molecule has 0 spiro atoms. The Labute approximate surface area is 153 Å². The maximum atomic E-state index is 12.4. The SMILES string of the molecule is Cc1ccccc1-n1cnnc1S[C@@H](C)C(=O)Nc1sccc1C#N. The first-order valence-electron chi connectivity index (χ1n) is 7.51. The van der Waals surface area contributed by atoms with Crippen LogP contribution in [0.1, 0.15) is 18.1 Å². The third-order valence-electron chi connectivity index (χ3n) is 3.57. The molecule has 1 aromatic carbocycles. The average Bonchev–Trinajstić information content (AvgIpc) is 3.24. The summed E-state index contributed by atoms with van der Waals surface area (Å²) < 4.78 is 1.87. The zero-order valence-corrected chi connectivity index (χ0v) is 15.3. The van der Waals surface area contributed by atoms with Crippen LogP contribution in [0.15, 0.2) is 47.2 Å². The molecule has 0 radical (unpaired) electrons. The number of hydrogen-bond acceptors (Lipinski definition) is 6. The van der Waals surface area contributed by atoms with Crippen LogP contribution in [0.25, 0.3) is 5.69 Å². The Morgan fingerprint density at radius 2 is 2.20 bits per heavy atom. The molecule has 2 heterocycles. The van der Waals surface area contributed by atoms with Gasteiger partial charge in [-0.1, -0.05) is 30.0 Å². The molecule has 0 aliphatic rings. The highest BCUT2D eigenvalue weighted by atomic mass is 32.2. The molecule has 0 bridgehead atoms. The molecule has 0 saturated carbocycles. The number of benzene rings is 1. The lowest BCUT2D eigenvalue weighted by atomic mass is 10.2. The van der Waals surface area contributed by atoms with Gasteiger partial charge in [0.05, 0.1) is 16.5 Å². The standard InChI is InChI=1S/C17H15N5OS2/c1-11-5-3-4-6-14(11)22-10-19-21-17(22)25-12(2)15(23)20-16-13(9-18)7-8-24-16/h3-8,10,12H,1-2H3,(H,20,23)/t12-/m0/s1. The van der Waals surface area contributed by atoms with Crippen LogP contribution in [0, 0.1) is 18.3 Å². The first kappa shape index (κ1) is 17.2. The van der Waals surface area contributed by atoms with E-state index in [0.29, 0.717) is 15.7 Å². The van der Waals surface area contributed by atoms with Gasteiger partial charge in [-0.05, 0) is 36.9 Å². The second-order valence-corrected chi connectivity index (χ2v) is 7.52. The molecule has 0 aliphatic heterocycles. The number of rotatable bonds is 5. The lowest BCUT2D eigenvalue weighted by Gasteiger charge is -2.13. The third kappa shape index (κ3) is 3.73. The summed E-state index contributed by atoms with van der Waals surface area (Å²) >= 11 is 2.66. The Morgan fingerprint density at radius 1 is 1.40 bits per heavy atom. The van der Waals surface area contributed by atoms with Crippen molar-refractivity contribution in [2.24, 2.45) is 0 Å². The van der Waals surface area contributed by atoms with Gasteiger partial charge in [-0.25, -0.2) is 0 Å². The fourth-order valence-electron chi connectivity index (χ4n) is 2.22. The van der Waals surface area contributed by atoms with Crippen LogP contribution in [-0.4, -0.2) is 25.9 Å². The van der Waals surface area contributed by atoms with Gasteiger partial charge in [0.15, 0.2) is 5.16 Å². The minimum absolute atomic E-state index is 0.178. The van der Waals surface area contributed by atoms with Crippen LogP contribution in [0.5, 0.6) is 0 Å². The largest absolute Gasteiger partial charge is 0.316 e. The number of nitrogens with zero attached hydrogens (tertiary/aromatic N) is 4. The van der Waals surface area contributed by atoms with E-state index in [0.717, 1.165) is 11.3 Å². The monoisotopic (exact) mass is 369 g/mol. The number of anilines is 1. The average molecular weight is 369 g/mol. The number of thiophene rings is 1. The van der Waals surface area contributed by atoms with Crippen molar-refractivity contribution in [3.8, 4) is 11.8 Å². The summed E-state index contributed by atoms with van der Waals surface area (Å²) in [6.07, 6.45) is 1.64. The van der Waals surface area contributed by atoms with Crippen molar-refractivity contribution in [1.29, 1.82) is 5.26 Å². The molecule has 8 heteroatoms. The van der Waals surface area contributed by atoms with Gasteiger partial charge in [0.25, 0.3) is 0 Å². The fourth-order valence-corrected chi connectivity index (χ4v) is 3.80. The van der Waals surface area contributed by atoms with Crippen molar-refractivity contribution < 1.29 is 4.79 Å². The number of amides is 1. The molecular formula is C17H15N5OS2. The molecule has 0 saturated heterocycles. The summed E-state index contributed by atoms with van der Waals surface area (Å²) in [4.78, 5) is 12.4. The van der Waals surface area contributed by atoms with E-state index >= 15 is 0 Å². The van der Waals surface area contributed by atoms with E-state index in [4.69, 9.17) is 5.26 Å². The summed E-state index contributed by atoms with van der Waals surface area (Å²) in [6.45, 7) is 3.82. The quantitative estimate of drug-likeness (QED) is 0.694. The molecule has 126 valence electrons. The second kappa shape index (κ2) is 7.51. The van der Waals surface area contributed by atoms with Crippen molar-refractivity contribution >= 4 is 34.0 Å². The molecule has 2 aromatic heterocycles. The van der Waals surface area contributed by atoms with Gasteiger partial charge in [-0.2, -0.15) is 5.26 Å². The van der Waals surface area contributed by atoms with Crippen molar-refractivity contribution in [2.45, 2.75) is 24.3 Å². The molecule has 1 N–H and O–H groups in total. The number of para-hydroxylation sites is 1. The Kier molecular flexibility index (Phi) is 5.16. The van der Waals surface area contributed by atoms with Crippen LogP contribution in [0.2, 0.25) is 0 Å². The van der Waals surface area contributed by atoms with Crippen molar-refractivity contribution in [1.82, 2.24) is 14.8 Å². The van der Waals surface area contributed by atoms with Gasteiger partial charge in [0.2, 0.25) is 5.91 Å². The lowest BCUT2D eigenvalue weighted by molar-refractivity contribution is -0.115. The minimum Gasteiger partial charge on any atom is -0.316 e. The van der Waals surface area contributed by atoms with E-state index in [2.05, 4.69) is 21.6 Å². The highest BCUT2D eigenvalue weighted by Gasteiger charge is 2.20. The van der Waals surface area contributed by atoms with Crippen LogP contribution >= 0.6 is 23.1 Å². The zero-order valence-electron chi connectivity index (χ0n) is 13.6. The maximum Gasteiger partial charge on any atom is 0.238 e. The number of aromatic nitrogens is 3. The highest BCUT2D eigenvalue weighted by Crippen LogP contribution is 2.27. The molecular weight excluding hydrogens is 354 g/mol. The first-order chi connectivity index (χ1) is 12.1. The van der Waals surface area contributed by atoms with Crippen LogP contribution in [0.3, 0.4) is 0 Å². The second-order valence-electron chi connectivity index (χ2n) is 5.29. The summed E-state index contributed by atoms with van der Waals surface area (Å²) in [7, 11) is 0. The number of carbonyl (C=O) groups excluding carboxylic acids is 1. The Hall–Kier alpha value is -2.63. The highest BCUT2D eigenvalue weighted by molar-refractivity contribution is 8.00. The molecule has 6 nitrogen and oxygen atoms in total. The third-order valence-corrected chi connectivity index (χ3v) is 5.45.